The van der Waals surface area contributed by atoms with Crippen molar-refractivity contribution in [3.8, 4) is 5.75 Å². The van der Waals surface area contributed by atoms with Gasteiger partial charge in [-0.2, -0.15) is 5.01 Å². The van der Waals surface area contributed by atoms with Crippen molar-refractivity contribution in [2.24, 2.45) is 0 Å². The molecule has 1 fully saturated rings. The standard InChI is InChI=1S/C19H20N2O2/c1-19(2)12-17(22)20-16-7-5-4-6-15(16)18(21(19)20)13-8-10-14(23-3)11-9-13/h4-11,18H,12H2,1-3H3. The predicted octanol–water partition coefficient (Wildman–Crippen LogP) is 3.53. The molecule has 4 rings (SSSR count). The van der Waals surface area contributed by atoms with Crippen molar-refractivity contribution in [1.82, 2.24) is 5.01 Å². The fraction of sp³-hybridized carbons (Fsp3) is 0.316. The van der Waals surface area contributed by atoms with Crippen molar-refractivity contribution in [2.75, 3.05) is 12.1 Å². The van der Waals surface area contributed by atoms with Crippen LogP contribution in [0.15, 0.2) is 48.5 Å². The van der Waals surface area contributed by atoms with E-state index in [0.717, 1.165) is 11.4 Å². The van der Waals surface area contributed by atoms with E-state index in [-0.39, 0.29) is 17.5 Å². The normalized spacial score (nSPS) is 22.1. The Morgan fingerprint density at radius 2 is 1.78 bits per heavy atom. The number of hydrazine groups is 1. The van der Waals surface area contributed by atoms with Gasteiger partial charge < -0.3 is 4.74 Å². The van der Waals surface area contributed by atoms with Crippen LogP contribution in [0.5, 0.6) is 5.75 Å². The number of nitrogens with zero attached hydrogens (tertiary/aromatic N) is 2. The fourth-order valence-corrected chi connectivity index (χ4v) is 3.78. The lowest BCUT2D eigenvalue weighted by Gasteiger charge is -2.36. The Morgan fingerprint density at radius 3 is 2.48 bits per heavy atom. The van der Waals surface area contributed by atoms with E-state index in [1.54, 1.807) is 7.11 Å². The Balaban J connectivity index is 1.88. The van der Waals surface area contributed by atoms with Crippen LogP contribution in [0.3, 0.4) is 0 Å². The zero-order valence-electron chi connectivity index (χ0n) is 13.6. The van der Waals surface area contributed by atoms with Gasteiger partial charge in [0.1, 0.15) is 5.75 Å². The first kappa shape index (κ1) is 14.3. The maximum atomic E-state index is 12.6. The highest BCUT2D eigenvalue weighted by atomic mass is 16.5. The second-order valence-electron chi connectivity index (χ2n) is 6.77. The summed E-state index contributed by atoms with van der Waals surface area (Å²) in [4.78, 5) is 12.6. The Hall–Kier alpha value is -2.33. The SMILES string of the molecule is COc1ccc(C2c3ccccc3N3C(=O)CC(C)(C)N23)cc1. The van der Waals surface area contributed by atoms with Crippen LogP contribution < -0.4 is 9.75 Å². The molecule has 0 N–H and O–H groups in total. The first-order valence-corrected chi connectivity index (χ1v) is 7.88. The van der Waals surface area contributed by atoms with E-state index >= 15 is 0 Å². The summed E-state index contributed by atoms with van der Waals surface area (Å²) in [6.45, 7) is 4.26. The highest BCUT2D eigenvalue weighted by Crippen LogP contribution is 2.51. The highest BCUT2D eigenvalue weighted by molar-refractivity contribution is 5.98. The van der Waals surface area contributed by atoms with E-state index in [0.29, 0.717) is 6.42 Å². The van der Waals surface area contributed by atoms with Crippen LogP contribution in [0.1, 0.15) is 37.4 Å². The number of hydrogen-bond acceptors (Lipinski definition) is 3. The lowest BCUT2D eigenvalue weighted by atomic mass is 9.93. The van der Waals surface area contributed by atoms with Gasteiger partial charge in [-0.25, -0.2) is 5.01 Å². The van der Waals surface area contributed by atoms with E-state index in [4.69, 9.17) is 4.74 Å². The summed E-state index contributed by atoms with van der Waals surface area (Å²) >= 11 is 0. The maximum absolute atomic E-state index is 12.6. The van der Waals surface area contributed by atoms with E-state index in [9.17, 15) is 4.79 Å². The van der Waals surface area contributed by atoms with Crippen LogP contribution in [-0.2, 0) is 4.79 Å². The molecule has 0 radical (unpaired) electrons. The molecule has 1 unspecified atom stereocenters. The first-order chi connectivity index (χ1) is 11.0. The number of carbonyl (C=O) groups is 1. The van der Waals surface area contributed by atoms with Gasteiger partial charge in [0.15, 0.2) is 0 Å². The van der Waals surface area contributed by atoms with Crippen LogP contribution in [0, 0.1) is 0 Å². The molecule has 118 valence electrons. The molecule has 0 bridgehead atoms. The van der Waals surface area contributed by atoms with Gasteiger partial charge in [-0.15, -0.1) is 0 Å². The van der Waals surface area contributed by atoms with Crippen LogP contribution in [0.4, 0.5) is 5.69 Å². The van der Waals surface area contributed by atoms with Crippen molar-refractivity contribution in [3.63, 3.8) is 0 Å². The third-order valence-corrected chi connectivity index (χ3v) is 4.79. The van der Waals surface area contributed by atoms with Crippen molar-refractivity contribution < 1.29 is 9.53 Å². The molecule has 0 aromatic heterocycles. The summed E-state index contributed by atoms with van der Waals surface area (Å²) < 4.78 is 5.27. The topological polar surface area (TPSA) is 32.8 Å². The number of para-hydroxylation sites is 1. The van der Waals surface area contributed by atoms with Gasteiger partial charge in [-0.3, -0.25) is 4.79 Å². The summed E-state index contributed by atoms with van der Waals surface area (Å²) in [6.07, 6.45) is 0.536. The van der Waals surface area contributed by atoms with Crippen molar-refractivity contribution in [2.45, 2.75) is 31.8 Å². The van der Waals surface area contributed by atoms with Crippen molar-refractivity contribution >= 4 is 11.6 Å². The molecule has 2 aliphatic rings. The second kappa shape index (κ2) is 4.83. The number of anilines is 1. The largest absolute Gasteiger partial charge is 0.497 e. The number of hydrogen-bond donors (Lipinski definition) is 0. The molecule has 4 nitrogen and oxygen atoms in total. The number of carbonyl (C=O) groups excluding carboxylic acids is 1. The number of ether oxygens (including phenoxy) is 1. The monoisotopic (exact) mass is 308 g/mol. The maximum Gasteiger partial charge on any atom is 0.243 e. The lowest BCUT2D eigenvalue weighted by Crippen LogP contribution is -2.45. The Kier molecular flexibility index (Phi) is 3.00. The van der Waals surface area contributed by atoms with Gasteiger partial charge in [-0.05, 0) is 37.6 Å². The van der Waals surface area contributed by atoms with E-state index in [1.807, 2.05) is 35.3 Å². The summed E-state index contributed by atoms with van der Waals surface area (Å²) in [5.74, 6) is 1.01. The van der Waals surface area contributed by atoms with E-state index < -0.39 is 0 Å². The van der Waals surface area contributed by atoms with Crippen molar-refractivity contribution in [1.29, 1.82) is 0 Å². The van der Waals surface area contributed by atoms with Gasteiger partial charge in [0.2, 0.25) is 5.91 Å². The lowest BCUT2D eigenvalue weighted by molar-refractivity contribution is -0.118. The average molecular weight is 308 g/mol. The average Bonchev–Trinajstić information content (AvgIpc) is 3.01. The van der Waals surface area contributed by atoms with Crippen LogP contribution in [0.2, 0.25) is 0 Å². The summed E-state index contributed by atoms with van der Waals surface area (Å²) in [7, 11) is 1.67. The summed E-state index contributed by atoms with van der Waals surface area (Å²) in [6, 6.07) is 16.4. The zero-order chi connectivity index (χ0) is 16.2. The van der Waals surface area contributed by atoms with E-state index in [2.05, 4.69) is 37.1 Å². The quantitative estimate of drug-likeness (QED) is 0.851. The number of amides is 1. The molecule has 1 atom stereocenters. The van der Waals surface area contributed by atoms with Crippen LogP contribution in [0.25, 0.3) is 0 Å². The molecule has 4 heteroatoms. The molecular weight excluding hydrogens is 288 g/mol. The minimum absolute atomic E-state index is 0.0542. The third-order valence-electron chi connectivity index (χ3n) is 4.79. The Bertz CT molecular complexity index is 767. The molecule has 0 spiro atoms. The molecule has 2 aromatic carbocycles. The predicted molar refractivity (Wildman–Crippen MR) is 89.3 cm³/mol. The molecule has 1 amide bonds. The van der Waals surface area contributed by atoms with Gasteiger partial charge in [0.05, 0.1) is 18.8 Å². The highest BCUT2D eigenvalue weighted by Gasteiger charge is 2.53. The van der Waals surface area contributed by atoms with Gasteiger partial charge in [0.25, 0.3) is 0 Å². The minimum atomic E-state index is -0.208. The molecule has 1 saturated heterocycles. The number of benzene rings is 2. The van der Waals surface area contributed by atoms with Gasteiger partial charge in [-0.1, -0.05) is 30.3 Å². The van der Waals surface area contributed by atoms with Gasteiger partial charge in [0, 0.05) is 17.5 Å². The molecule has 0 saturated carbocycles. The minimum Gasteiger partial charge on any atom is -0.497 e. The Labute approximate surface area is 136 Å². The molecular formula is C19H20N2O2. The van der Waals surface area contributed by atoms with Gasteiger partial charge >= 0.3 is 0 Å². The van der Waals surface area contributed by atoms with E-state index in [1.165, 1.54) is 11.1 Å². The Morgan fingerprint density at radius 1 is 1.09 bits per heavy atom. The molecule has 2 heterocycles. The summed E-state index contributed by atoms with van der Waals surface area (Å²) in [5, 5.41) is 4.09. The second-order valence-corrected chi connectivity index (χ2v) is 6.77. The third kappa shape index (κ3) is 1.98. The van der Waals surface area contributed by atoms with Crippen LogP contribution in [-0.4, -0.2) is 23.6 Å². The number of fused-ring (bicyclic) bond motifs is 3. The molecule has 2 aromatic rings. The number of methoxy groups -OCH3 is 1. The molecule has 2 aliphatic heterocycles. The number of rotatable bonds is 2. The smallest absolute Gasteiger partial charge is 0.243 e. The molecule has 23 heavy (non-hydrogen) atoms. The molecule has 0 aliphatic carbocycles. The zero-order valence-corrected chi connectivity index (χ0v) is 13.6. The fourth-order valence-electron chi connectivity index (χ4n) is 3.78. The first-order valence-electron chi connectivity index (χ1n) is 7.88. The van der Waals surface area contributed by atoms with Crippen molar-refractivity contribution in [3.05, 3.63) is 59.7 Å². The summed E-state index contributed by atoms with van der Waals surface area (Å²) in [5.41, 5.74) is 3.15. The van der Waals surface area contributed by atoms with Crippen LogP contribution >= 0.6 is 0 Å².